The van der Waals surface area contributed by atoms with Crippen molar-refractivity contribution in [3.63, 3.8) is 0 Å². The number of nitrogens with one attached hydrogen (secondary N) is 1. The Balaban J connectivity index is 1.94. The molecule has 1 heterocycles. The smallest absolute Gasteiger partial charge is 0.236 e. The molecular formula is C13H24N2O2. The van der Waals surface area contributed by atoms with Crippen LogP contribution >= 0.6 is 0 Å². The summed E-state index contributed by atoms with van der Waals surface area (Å²) in [4.78, 5) is 13.9. The summed E-state index contributed by atoms with van der Waals surface area (Å²) < 4.78 is 5.58. The fourth-order valence-corrected chi connectivity index (χ4v) is 3.17. The first-order valence-corrected chi connectivity index (χ1v) is 6.72. The largest absolute Gasteiger partial charge is 0.381 e. The van der Waals surface area contributed by atoms with Gasteiger partial charge in [-0.05, 0) is 32.2 Å². The van der Waals surface area contributed by atoms with Gasteiger partial charge in [-0.1, -0.05) is 6.42 Å². The second kappa shape index (κ2) is 5.36. The summed E-state index contributed by atoms with van der Waals surface area (Å²) in [5, 5.41) is 2.94. The van der Waals surface area contributed by atoms with Gasteiger partial charge in [0.15, 0.2) is 0 Å². The number of ether oxygens (including phenoxy) is 1. The van der Waals surface area contributed by atoms with E-state index >= 15 is 0 Å². The van der Waals surface area contributed by atoms with E-state index in [1.54, 1.807) is 0 Å². The molecule has 4 nitrogen and oxygen atoms in total. The third-order valence-corrected chi connectivity index (χ3v) is 4.37. The van der Waals surface area contributed by atoms with Crippen LogP contribution in [0.4, 0.5) is 0 Å². The Morgan fingerprint density at radius 3 is 2.82 bits per heavy atom. The summed E-state index contributed by atoms with van der Waals surface area (Å²) in [6, 6.07) is 0. The fraction of sp³-hybridized carbons (Fsp3) is 0.923. The molecule has 0 aromatic heterocycles. The number of carbonyl (C=O) groups excluding carboxylic acids is 1. The zero-order chi connectivity index (χ0) is 12.3. The Hall–Kier alpha value is -0.610. The van der Waals surface area contributed by atoms with Crippen LogP contribution < -0.4 is 5.32 Å². The van der Waals surface area contributed by atoms with Gasteiger partial charge < -0.3 is 15.0 Å². The van der Waals surface area contributed by atoms with Gasteiger partial charge in [0, 0.05) is 25.6 Å². The van der Waals surface area contributed by atoms with Crippen molar-refractivity contribution in [3.05, 3.63) is 0 Å². The Kier molecular flexibility index (Phi) is 4.05. The normalized spacial score (nSPS) is 26.2. The molecular weight excluding hydrogens is 216 g/mol. The molecule has 17 heavy (non-hydrogen) atoms. The van der Waals surface area contributed by atoms with Crippen molar-refractivity contribution >= 4 is 5.91 Å². The second-order valence-electron chi connectivity index (χ2n) is 5.38. The summed E-state index contributed by atoms with van der Waals surface area (Å²) in [5.74, 6) is 0.787. The predicted octanol–water partition coefficient (Wildman–Crippen LogP) is 0.871. The summed E-state index contributed by atoms with van der Waals surface area (Å²) in [6.45, 7) is 5.92. The average Bonchev–Trinajstić information content (AvgIpc) is 2.66. The van der Waals surface area contributed by atoms with Crippen molar-refractivity contribution in [2.45, 2.75) is 26.2 Å². The fourth-order valence-electron chi connectivity index (χ4n) is 3.17. The van der Waals surface area contributed by atoms with E-state index in [2.05, 4.69) is 5.32 Å². The molecule has 0 aromatic rings. The molecule has 1 saturated heterocycles. The lowest BCUT2D eigenvalue weighted by atomic mass is 9.63. The number of likely N-dealkylation sites (N-methyl/N-ethyl adjacent to an activating group) is 1. The highest BCUT2D eigenvalue weighted by atomic mass is 16.5. The number of hydrogen-bond acceptors (Lipinski definition) is 3. The van der Waals surface area contributed by atoms with E-state index in [1.165, 1.54) is 19.3 Å². The molecule has 1 amide bonds. The van der Waals surface area contributed by atoms with Crippen LogP contribution in [0.1, 0.15) is 26.2 Å². The molecule has 1 N–H and O–H groups in total. The van der Waals surface area contributed by atoms with Crippen LogP contribution in [0.15, 0.2) is 0 Å². The van der Waals surface area contributed by atoms with Crippen molar-refractivity contribution < 1.29 is 9.53 Å². The van der Waals surface area contributed by atoms with Crippen LogP contribution in [0.5, 0.6) is 0 Å². The molecule has 1 aliphatic carbocycles. The molecule has 2 aliphatic rings. The second-order valence-corrected chi connectivity index (χ2v) is 5.38. The van der Waals surface area contributed by atoms with E-state index in [0.29, 0.717) is 17.9 Å². The van der Waals surface area contributed by atoms with Crippen molar-refractivity contribution in [1.82, 2.24) is 10.2 Å². The first-order valence-electron chi connectivity index (χ1n) is 6.72. The van der Waals surface area contributed by atoms with Gasteiger partial charge in [-0.3, -0.25) is 4.79 Å². The Morgan fingerprint density at radius 1 is 1.53 bits per heavy atom. The number of amides is 1. The highest BCUT2D eigenvalue weighted by Gasteiger charge is 2.51. The lowest BCUT2D eigenvalue weighted by molar-refractivity contribution is -0.129. The lowest BCUT2D eigenvalue weighted by Gasteiger charge is -2.42. The van der Waals surface area contributed by atoms with Crippen molar-refractivity contribution in [3.8, 4) is 0 Å². The first kappa shape index (κ1) is 12.8. The minimum absolute atomic E-state index is 0.234. The summed E-state index contributed by atoms with van der Waals surface area (Å²) in [7, 11) is 1.82. The quantitative estimate of drug-likeness (QED) is 0.775. The Morgan fingerprint density at radius 2 is 2.29 bits per heavy atom. The van der Waals surface area contributed by atoms with Crippen LogP contribution in [0.2, 0.25) is 0 Å². The number of nitrogens with zero attached hydrogens (tertiary/aromatic N) is 1. The molecule has 0 aromatic carbocycles. The van der Waals surface area contributed by atoms with Gasteiger partial charge >= 0.3 is 0 Å². The van der Waals surface area contributed by atoms with E-state index in [0.717, 1.165) is 26.3 Å². The van der Waals surface area contributed by atoms with Crippen molar-refractivity contribution in [2.24, 2.45) is 11.3 Å². The van der Waals surface area contributed by atoms with Gasteiger partial charge in [0.1, 0.15) is 0 Å². The zero-order valence-electron chi connectivity index (χ0n) is 11.0. The first-order chi connectivity index (χ1) is 8.22. The molecule has 0 bridgehead atoms. The van der Waals surface area contributed by atoms with Crippen LogP contribution in [-0.2, 0) is 9.53 Å². The van der Waals surface area contributed by atoms with Crippen LogP contribution in [-0.4, -0.2) is 50.7 Å². The van der Waals surface area contributed by atoms with Gasteiger partial charge in [-0.2, -0.15) is 0 Å². The SMILES string of the molecule is CCOC[C@H]1CN(C(=O)CNC)CC12CCC2. The van der Waals surface area contributed by atoms with Gasteiger partial charge in [-0.15, -0.1) is 0 Å². The van der Waals surface area contributed by atoms with E-state index in [-0.39, 0.29) is 5.91 Å². The van der Waals surface area contributed by atoms with Crippen LogP contribution in [0, 0.1) is 11.3 Å². The molecule has 4 heteroatoms. The maximum Gasteiger partial charge on any atom is 0.236 e. The highest BCUT2D eigenvalue weighted by molar-refractivity contribution is 5.78. The minimum Gasteiger partial charge on any atom is -0.381 e. The van der Waals surface area contributed by atoms with E-state index < -0.39 is 0 Å². The molecule has 0 radical (unpaired) electrons. The third kappa shape index (κ3) is 2.47. The molecule has 1 saturated carbocycles. The van der Waals surface area contributed by atoms with Gasteiger partial charge in [-0.25, -0.2) is 0 Å². The summed E-state index contributed by atoms with van der Waals surface area (Å²) >= 11 is 0. The van der Waals surface area contributed by atoms with Crippen molar-refractivity contribution in [1.29, 1.82) is 0 Å². The zero-order valence-corrected chi connectivity index (χ0v) is 11.0. The summed E-state index contributed by atoms with van der Waals surface area (Å²) in [5.41, 5.74) is 0.387. The lowest BCUT2D eigenvalue weighted by Crippen LogP contribution is -2.40. The van der Waals surface area contributed by atoms with Crippen LogP contribution in [0.3, 0.4) is 0 Å². The molecule has 1 spiro atoms. The maximum absolute atomic E-state index is 11.9. The molecule has 2 fully saturated rings. The predicted molar refractivity (Wildman–Crippen MR) is 66.8 cm³/mol. The van der Waals surface area contributed by atoms with Crippen LogP contribution in [0.25, 0.3) is 0 Å². The topological polar surface area (TPSA) is 41.6 Å². The minimum atomic E-state index is 0.234. The third-order valence-electron chi connectivity index (χ3n) is 4.37. The Bertz CT molecular complexity index is 277. The van der Waals surface area contributed by atoms with E-state index in [1.807, 2.05) is 18.9 Å². The summed E-state index contributed by atoms with van der Waals surface area (Å²) in [6.07, 6.45) is 3.86. The Labute approximate surface area is 104 Å². The standard InChI is InChI=1S/C13H24N2O2/c1-3-17-9-11-8-15(12(16)7-14-2)10-13(11)5-4-6-13/h11,14H,3-10H2,1-2H3/t11-/m1/s1. The van der Waals surface area contributed by atoms with Gasteiger partial charge in [0.25, 0.3) is 0 Å². The number of hydrogen-bond donors (Lipinski definition) is 1. The van der Waals surface area contributed by atoms with E-state index in [4.69, 9.17) is 4.74 Å². The highest BCUT2D eigenvalue weighted by Crippen LogP contribution is 2.51. The molecule has 2 rings (SSSR count). The monoisotopic (exact) mass is 240 g/mol. The number of rotatable bonds is 5. The van der Waals surface area contributed by atoms with E-state index in [9.17, 15) is 4.79 Å². The van der Waals surface area contributed by atoms with Gasteiger partial charge in [0.05, 0.1) is 13.2 Å². The molecule has 1 aliphatic heterocycles. The average molecular weight is 240 g/mol. The molecule has 1 atom stereocenters. The number of likely N-dealkylation sites (tertiary alicyclic amines) is 1. The molecule has 98 valence electrons. The van der Waals surface area contributed by atoms with Gasteiger partial charge in [0.2, 0.25) is 5.91 Å². The van der Waals surface area contributed by atoms with Crippen molar-refractivity contribution in [2.75, 3.05) is 39.9 Å². The maximum atomic E-state index is 11.9. The number of carbonyl (C=O) groups is 1. The molecule has 0 unspecified atom stereocenters.